The van der Waals surface area contributed by atoms with Crippen molar-refractivity contribution in [3.63, 3.8) is 0 Å². The molecular weight excluding hydrogens is 196 g/mol. The standard InChI is InChI=1S/C10H12N2OS/c1-2-12-5-9(6-13)10(11-12)8-3-4-14-7-8/h3-5,7,13H,2,6H2,1H3. The van der Waals surface area contributed by atoms with Gasteiger partial charge in [-0.3, -0.25) is 4.68 Å². The fourth-order valence-electron chi connectivity index (χ4n) is 1.38. The van der Waals surface area contributed by atoms with Gasteiger partial charge < -0.3 is 5.11 Å². The van der Waals surface area contributed by atoms with Gasteiger partial charge in [0.1, 0.15) is 0 Å². The van der Waals surface area contributed by atoms with Crippen LogP contribution in [0.1, 0.15) is 12.5 Å². The molecular formula is C10H12N2OS. The molecule has 14 heavy (non-hydrogen) atoms. The quantitative estimate of drug-likeness (QED) is 0.839. The highest BCUT2D eigenvalue weighted by Crippen LogP contribution is 2.24. The van der Waals surface area contributed by atoms with Crippen LogP contribution in [0.15, 0.2) is 23.0 Å². The summed E-state index contributed by atoms with van der Waals surface area (Å²) in [6.07, 6.45) is 1.90. The first kappa shape index (κ1) is 9.43. The van der Waals surface area contributed by atoms with E-state index in [1.165, 1.54) is 0 Å². The van der Waals surface area contributed by atoms with Crippen LogP contribution in [-0.2, 0) is 13.2 Å². The van der Waals surface area contributed by atoms with Crippen molar-refractivity contribution in [2.75, 3.05) is 0 Å². The first-order valence-corrected chi connectivity index (χ1v) is 5.49. The Kier molecular flexibility index (Phi) is 2.65. The van der Waals surface area contributed by atoms with Crippen molar-refractivity contribution in [1.82, 2.24) is 9.78 Å². The van der Waals surface area contributed by atoms with E-state index in [0.29, 0.717) is 0 Å². The zero-order valence-electron chi connectivity index (χ0n) is 7.97. The third-order valence-electron chi connectivity index (χ3n) is 2.13. The number of thiophene rings is 1. The lowest BCUT2D eigenvalue weighted by Crippen LogP contribution is -1.93. The third-order valence-corrected chi connectivity index (χ3v) is 2.81. The molecule has 74 valence electrons. The second-order valence-electron chi connectivity index (χ2n) is 3.03. The van der Waals surface area contributed by atoms with Gasteiger partial charge in [-0.25, -0.2) is 0 Å². The van der Waals surface area contributed by atoms with Crippen LogP contribution in [-0.4, -0.2) is 14.9 Å². The highest BCUT2D eigenvalue weighted by atomic mass is 32.1. The molecule has 0 radical (unpaired) electrons. The van der Waals surface area contributed by atoms with Crippen molar-refractivity contribution >= 4 is 11.3 Å². The van der Waals surface area contributed by atoms with Crippen molar-refractivity contribution in [2.45, 2.75) is 20.1 Å². The SMILES string of the molecule is CCn1cc(CO)c(-c2ccsc2)n1. The number of aromatic nitrogens is 2. The Morgan fingerprint density at radius 1 is 1.57 bits per heavy atom. The molecule has 0 amide bonds. The molecule has 2 rings (SSSR count). The monoisotopic (exact) mass is 208 g/mol. The van der Waals surface area contributed by atoms with Gasteiger partial charge in [0.15, 0.2) is 0 Å². The Morgan fingerprint density at radius 3 is 3.00 bits per heavy atom. The van der Waals surface area contributed by atoms with E-state index in [9.17, 15) is 5.11 Å². The van der Waals surface area contributed by atoms with Gasteiger partial charge in [-0.1, -0.05) is 0 Å². The largest absolute Gasteiger partial charge is 0.392 e. The van der Waals surface area contributed by atoms with Gasteiger partial charge in [0.05, 0.1) is 12.3 Å². The van der Waals surface area contributed by atoms with E-state index in [2.05, 4.69) is 5.10 Å². The molecule has 0 unspecified atom stereocenters. The molecule has 0 spiro atoms. The second kappa shape index (κ2) is 3.94. The van der Waals surface area contributed by atoms with E-state index in [0.717, 1.165) is 23.4 Å². The van der Waals surface area contributed by atoms with Crippen LogP contribution in [0.25, 0.3) is 11.3 Å². The Hall–Kier alpha value is -1.13. The van der Waals surface area contributed by atoms with Gasteiger partial charge in [-0.05, 0) is 18.4 Å². The molecule has 2 heterocycles. The molecule has 3 nitrogen and oxygen atoms in total. The number of aliphatic hydroxyl groups is 1. The lowest BCUT2D eigenvalue weighted by atomic mass is 10.2. The minimum atomic E-state index is 0.0468. The van der Waals surface area contributed by atoms with Crippen LogP contribution in [0.5, 0.6) is 0 Å². The molecule has 0 atom stereocenters. The molecule has 4 heteroatoms. The molecule has 0 saturated carbocycles. The topological polar surface area (TPSA) is 38.0 Å². The molecule has 0 bridgehead atoms. The zero-order valence-corrected chi connectivity index (χ0v) is 8.79. The minimum Gasteiger partial charge on any atom is -0.392 e. The Morgan fingerprint density at radius 2 is 2.43 bits per heavy atom. The van der Waals surface area contributed by atoms with Crippen LogP contribution < -0.4 is 0 Å². The lowest BCUT2D eigenvalue weighted by Gasteiger charge is -1.94. The summed E-state index contributed by atoms with van der Waals surface area (Å²) < 4.78 is 1.85. The van der Waals surface area contributed by atoms with Gasteiger partial charge in [-0.2, -0.15) is 16.4 Å². The van der Waals surface area contributed by atoms with Crippen LogP contribution in [0, 0.1) is 0 Å². The van der Waals surface area contributed by atoms with E-state index in [-0.39, 0.29) is 6.61 Å². The molecule has 0 aromatic carbocycles. The van der Waals surface area contributed by atoms with Crippen LogP contribution >= 0.6 is 11.3 Å². The van der Waals surface area contributed by atoms with E-state index in [1.54, 1.807) is 11.3 Å². The average Bonchev–Trinajstić information content (AvgIpc) is 2.85. The molecule has 1 N–H and O–H groups in total. The fraction of sp³-hybridized carbons (Fsp3) is 0.300. The third kappa shape index (κ3) is 1.58. The maximum absolute atomic E-state index is 9.18. The lowest BCUT2D eigenvalue weighted by molar-refractivity contribution is 0.282. The number of nitrogens with zero attached hydrogens (tertiary/aromatic N) is 2. The Labute approximate surface area is 86.6 Å². The second-order valence-corrected chi connectivity index (χ2v) is 3.81. The average molecular weight is 208 g/mol. The summed E-state index contributed by atoms with van der Waals surface area (Å²) in [6, 6.07) is 2.02. The summed E-state index contributed by atoms with van der Waals surface area (Å²) in [5, 5.41) is 17.6. The summed E-state index contributed by atoms with van der Waals surface area (Å²) in [5.74, 6) is 0. The minimum absolute atomic E-state index is 0.0468. The van der Waals surface area contributed by atoms with Crippen molar-refractivity contribution in [3.8, 4) is 11.3 Å². The van der Waals surface area contributed by atoms with E-state index in [4.69, 9.17) is 0 Å². The maximum atomic E-state index is 9.18. The molecule has 0 aliphatic carbocycles. The van der Waals surface area contributed by atoms with Crippen LogP contribution in [0.4, 0.5) is 0 Å². The highest BCUT2D eigenvalue weighted by molar-refractivity contribution is 7.08. The van der Waals surface area contributed by atoms with Crippen molar-refractivity contribution < 1.29 is 5.11 Å². The smallest absolute Gasteiger partial charge is 0.0986 e. The molecule has 0 fully saturated rings. The van der Waals surface area contributed by atoms with Crippen molar-refractivity contribution in [1.29, 1.82) is 0 Å². The summed E-state index contributed by atoms with van der Waals surface area (Å²) in [5.41, 5.74) is 2.88. The number of aryl methyl sites for hydroxylation is 1. The maximum Gasteiger partial charge on any atom is 0.0986 e. The first-order valence-electron chi connectivity index (χ1n) is 4.55. The Bertz CT molecular complexity index is 406. The molecule has 2 aromatic rings. The van der Waals surface area contributed by atoms with E-state index in [1.807, 2.05) is 34.6 Å². The van der Waals surface area contributed by atoms with E-state index >= 15 is 0 Å². The number of rotatable bonds is 3. The van der Waals surface area contributed by atoms with Crippen LogP contribution in [0.3, 0.4) is 0 Å². The molecule has 0 aliphatic heterocycles. The predicted octanol–water partition coefficient (Wildman–Crippen LogP) is 2.12. The molecule has 2 aromatic heterocycles. The highest BCUT2D eigenvalue weighted by Gasteiger charge is 2.09. The summed E-state index contributed by atoms with van der Waals surface area (Å²) in [4.78, 5) is 0. The predicted molar refractivity (Wildman–Crippen MR) is 57.1 cm³/mol. The van der Waals surface area contributed by atoms with Crippen molar-refractivity contribution in [2.24, 2.45) is 0 Å². The first-order chi connectivity index (χ1) is 6.85. The number of hydrogen-bond acceptors (Lipinski definition) is 3. The summed E-state index contributed by atoms with van der Waals surface area (Å²) in [6.45, 7) is 2.91. The summed E-state index contributed by atoms with van der Waals surface area (Å²) >= 11 is 1.64. The van der Waals surface area contributed by atoms with Gasteiger partial charge >= 0.3 is 0 Å². The number of aliphatic hydroxyl groups excluding tert-OH is 1. The van der Waals surface area contributed by atoms with E-state index < -0.39 is 0 Å². The normalized spacial score (nSPS) is 10.7. The van der Waals surface area contributed by atoms with Gasteiger partial charge in [0.2, 0.25) is 0 Å². The summed E-state index contributed by atoms with van der Waals surface area (Å²) in [7, 11) is 0. The van der Waals surface area contributed by atoms with Crippen LogP contribution in [0.2, 0.25) is 0 Å². The Balaban J connectivity index is 2.46. The number of hydrogen-bond donors (Lipinski definition) is 1. The van der Waals surface area contributed by atoms with Crippen molar-refractivity contribution in [3.05, 3.63) is 28.6 Å². The van der Waals surface area contributed by atoms with Gasteiger partial charge in [0, 0.05) is 29.2 Å². The zero-order chi connectivity index (χ0) is 9.97. The fourth-order valence-corrected chi connectivity index (χ4v) is 2.02. The van der Waals surface area contributed by atoms with Gasteiger partial charge in [0.25, 0.3) is 0 Å². The molecule has 0 aliphatic rings. The molecule has 0 saturated heterocycles. The van der Waals surface area contributed by atoms with Gasteiger partial charge in [-0.15, -0.1) is 0 Å².